The minimum absolute atomic E-state index is 0. The molecule has 8 nitrogen and oxygen atoms in total. The van der Waals surface area contributed by atoms with Crippen molar-refractivity contribution in [1.82, 2.24) is 0 Å². The van der Waals surface area contributed by atoms with Gasteiger partial charge in [-0.1, -0.05) is 64.7 Å². The molecule has 0 aliphatic rings. The van der Waals surface area contributed by atoms with Gasteiger partial charge >= 0.3 is 37.4 Å². The Bertz CT molecular complexity index is 392. The van der Waals surface area contributed by atoms with Crippen molar-refractivity contribution in [2.45, 2.75) is 95.9 Å². The Morgan fingerprint density at radius 3 is 1.79 bits per heavy atom. The Morgan fingerprint density at radius 1 is 0.857 bits per heavy atom. The molecular weight excluding hydrogens is 398 g/mol. The second-order valence-corrected chi connectivity index (χ2v) is 8.25. The van der Waals surface area contributed by atoms with Gasteiger partial charge in [0.1, 0.15) is 6.10 Å². The van der Waals surface area contributed by atoms with Gasteiger partial charge in [0.05, 0.1) is 6.61 Å². The average molecular weight is 438 g/mol. The SMILES string of the molecule is CCCCCCCCCCCCOCCCC(OP(=O)(O)O)C(O)(O)CO.[NaH]. The fourth-order valence-electron chi connectivity index (χ4n) is 2.80. The van der Waals surface area contributed by atoms with Gasteiger partial charge in [0.25, 0.3) is 0 Å². The third-order valence-corrected chi connectivity index (χ3v) is 4.94. The van der Waals surface area contributed by atoms with Crippen LogP contribution in [0.3, 0.4) is 0 Å². The van der Waals surface area contributed by atoms with Crippen molar-refractivity contribution >= 4 is 37.4 Å². The van der Waals surface area contributed by atoms with E-state index in [4.69, 9.17) is 19.6 Å². The molecule has 0 heterocycles. The van der Waals surface area contributed by atoms with Crippen LogP contribution in [-0.2, 0) is 13.8 Å². The van der Waals surface area contributed by atoms with E-state index >= 15 is 0 Å². The summed E-state index contributed by atoms with van der Waals surface area (Å²) in [6, 6.07) is 0. The molecule has 10 heteroatoms. The molecule has 5 N–H and O–H groups in total. The molecule has 166 valence electrons. The zero-order valence-corrected chi connectivity index (χ0v) is 17.5. The number of aliphatic hydroxyl groups excluding tert-OH is 1. The Kier molecular flexibility index (Phi) is 20.8. The summed E-state index contributed by atoms with van der Waals surface area (Å²) >= 11 is 0. The zero-order valence-electron chi connectivity index (χ0n) is 16.6. The van der Waals surface area contributed by atoms with Crippen LogP contribution < -0.4 is 0 Å². The molecule has 0 aliphatic carbocycles. The molecule has 28 heavy (non-hydrogen) atoms. The number of aliphatic hydroxyl groups is 3. The van der Waals surface area contributed by atoms with Gasteiger partial charge in [-0.05, 0) is 19.3 Å². The summed E-state index contributed by atoms with van der Waals surface area (Å²) in [5.41, 5.74) is 0. The van der Waals surface area contributed by atoms with Crippen LogP contribution in [0.2, 0.25) is 0 Å². The summed E-state index contributed by atoms with van der Waals surface area (Å²) in [4.78, 5) is 17.6. The first kappa shape index (κ1) is 31.1. The number of hydrogen-bond donors (Lipinski definition) is 5. The predicted octanol–water partition coefficient (Wildman–Crippen LogP) is 2.21. The molecule has 0 bridgehead atoms. The molecule has 0 aromatic heterocycles. The maximum atomic E-state index is 10.9. The van der Waals surface area contributed by atoms with Gasteiger partial charge in [-0.2, -0.15) is 0 Å². The van der Waals surface area contributed by atoms with Crippen LogP contribution in [-0.4, -0.2) is 86.4 Å². The number of phosphoric acid groups is 1. The molecule has 1 atom stereocenters. The average Bonchev–Trinajstić information content (AvgIpc) is 2.60. The normalized spacial score (nSPS) is 13.4. The van der Waals surface area contributed by atoms with Gasteiger partial charge in [0.2, 0.25) is 5.79 Å². The van der Waals surface area contributed by atoms with Crippen LogP contribution >= 0.6 is 7.82 Å². The standard InChI is InChI=1S/C18H39O8P.Na.H/c1-2-3-4-5-6-7-8-9-10-11-14-25-15-12-13-17(18(20,21)16-19)26-27(22,23)24;;/h17,19-21H,2-16H2,1H3,(H2,22,23,24);;. The van der Waals surface area contributed by atoms with Crippen molar-refractivity contribution in [1.29, 1.82) is 0 Å². The fourth-order valence-corrected chi connectivity index (χ4v) is 3.41. The van der Waals surface area contributed by atoms with Crippen molar-refractivity contribution in [3.05, 3.63) is 0 Å². The molecule has 0 aromatic carbocycles. The quantitative estimate of drug-likeness (QED) is 0.0896. The molecule has 0 saturated carbocycles. The van der Waals surface area contributed by atoms with Crippen molar-refractivity contribution in [2.75, 3.05) is 19.8 Å². The summed E-state index contributed by atoms with van der Waals surface area (Å²) < 4.78 is 20.7. The summed E-state index contributed by atoms with van der Waals surface area (Å²) in [5.74, 6) is -2.71. The van der Waals surface area contributed by atoms with E-state index in [2.05, 4.69) is 11.4 Å². The molecule has 0 spiro atoms. The van der Waals surface area contributed by atoms with Gasteiger partial charge in [-0.3, -0.25) is 4.52 Å². The van der Waals surface area contributed by atoms with E-state index < -0.39 is 26.3 Å². The van der Waals surface area contributed by atoms with Crippen molar-refractivity contribution < 1.29 is 38.9 Å². The topological polar surface area (TPSA) is 137 Å². The van der Waals surface area contributed by atoms with Crippen LogP contribution in [0.4, 0.5) is 0 Å². The number of hydrogen-bond acceptors (Lipinski definition) is 6. The van der Waals surface area contributed by atoms with Crippen LogP contribution in [0.5, 0.6) is 0 Å². The fraction of sp³-hybridized carbons (Fsp3) is 1.00. The number of unbranched alkanes of at least 4 members (excludes halogenated alkanes) is 9. The molecule has 0 fully saturated rings. The van der Waals surface area contributed by atoms with Gasteiger partial charge in [0, 0.05) is 13.2 Å². The van der Waals surface area contributed by atoms with E-state index in [0.29, 0.717) is 19.6 Å². The van der Waals surface area contributed by atoms with E-state index in [-0.39, 0.29) is 36.0 Å². The molecule has 0 rings (SSSR count). The Hall–Kier alpha value is 0.950. The van der Waals surface area contributed by atoms with Crippen molar-refractivity contribution in [3.63, 3.8) is 0 Å². The summed E-state index contributed by atoms with van der Waals surface area (Å²) in [6.07, 6.45) is 11.1. The minimum atomic E-state index is -4.89. The molecule has 0 aromatic rings. The first-order valence-corrected chi connectivity index (χ1v) is 11.6. The molecule has 1 unspecified atom stereocenters. The van der Waals surface area contributed by atoms with E-state index in [1.165, 1.54) is 51.4 Å². The van der Waals surface area contributed by atoms with Crippen molar-refractivity contribution in [3.8, 4) is 0 Å². The van der Waals surface area contributed by atoms with Gasteiger partial charge < -0.3 is 29.8 Å². The van der Waals surface area contributed by atoms with E-state index in [9.17, 15) is 14.8 Å². The van der Waals surface area contributed by atoms with E-state index in [1.54, 1.807) is 0 Å². The molecular formula is C18H40NaO8P. The predicted molar refractivity (Wildman–Crippen MR) is 110 cm³/mol. The van der Waals surface area contributed by atoms with E-state index in [0.717, 1.165) is 12.8 Å². The van der Waals surface area contributed by atoms with E-state index in [1.807, 2.05) is 0 Å². The molecule has 0 saturated heterocycles. The van der Waals surface area contributed by atoms with Crippen LogP contribution in [0, 0.1) is 0 Å². The third-order valence-electron chi connectivity index (χ3n) is 4.41. The first-order valence-electron chi connectivity index (χ1n) is 10.1. The first-order chi connectivity index (χ1) is 12.7. The van der Waals surface area contributed by atoms with Crippen molar-refractivity contribution in [2.24, 2.45) is 0 Å². The molecule has 0 amide bonds. The Morgan fingerprint density at radius 2 is 1.32 bits per heavy atom. The summed E-state index contributed by atoms with van der Waals surface area (Å²) in [7, 11) is -4.89. The zero-order chi connectivity index (χ0) is 20.6. The molecule has 0 radical (unpaired) electrons. The molecule has 0 aliphatic heterocycles. The van der Waals surface area contributed by atoms with Gasteiger partial charge in [-0.25, -0.2) is 4.57 Å². The monoisotopic (exact) mass is 438 g/mol. The number of ether oxygens (including phenoxy) is 1. The Balaban J connectivity index is 0. The number of rotatable bonds is 19. The van der Waals surface area contributed by atoms with Crippen LogP contribution in [0.1, 0.15) is 84.0 Å². The van der Waals surface area contributed by atoms with Crippen LogP contribution in [0.25, 0.3) is 0 Å². The summed E-state index contributed by atoms with van der Waals surface area (Å²) in [5, 5.41) is 28.0. The van der Waals surface area contributed by atoms with Crippen LogP contribution in [0.15, 0.2) is 0 Å². The number of phosphoric ester groups is 1. The van der Waals surface area contributed by atoms with Gasteiger partial charge in [0.15, 0.2) is 0 Å². The summed E-state index contributed by atoms with van der Waals surface area (Å²) in [6.45, 7) is 2.05. The van der Waals surface area contributed by atoms with Gasteiger partial charge in [-0.15, -0.1) is 0 Å². The second-order valence-electron chi connectivity index (χ2n) is 7.06. The third kappa shape index (κ3) is 18.9. The maximum absolute atomic E-state index is 10.9. The second kappa shape index (κ2) is 18.7. The Labute approximate surface area is 191 Å².